The second-order valence-corrected chi connectivity index (χ2v) is 7.10. The second kappa shape index (κ2) is 5.28. The molecule has 0 bridgehead atoms. The van der Waals surface area contributed by atoms with Gasteiger partial charge in [0.15, 0.2) is 0 Å². The number of rotatable bonds is 3. The average Bonchev–Trinajstić information content (AvgIpc) is 2.52. The van der Waals surface area contributed by atoms with Crippen LogP contribution >= 0.6 is 15.9 Å². The standard InChI is InChI=1S/C15H22BrNO3/c1-9-5-12(17-10(2)13(9)16)20-8-11-6-14(3,18)15(4,19)7-11/h5,11,18-19H,6-8H2,1-4H3/t11?,14-,15+. The van der Waals surface area contributed by atoms with E-state index in [2.05, 4.69) is 20.9 Å². The smallest absolute Gasteiger partial charge is 0.213 e. The summed E-state index contributed by atoms with van der Waals surface area (Å²) in [6.07, 6.45) is 1.07. The van der Waals surface area contributed by atoms with Crippen LogP contribution in [0, 0.1) is 19.8 Å². The summed E-state index contributed by atoms with van der Waals surface area (Å²) in [6, 6.07) is 1.89. The van der Waals surface area contributed by atoms with Crippen molar-refractivity contribution < 1.29 is 14.9 Å². The minimum atomic E-state index is -1.06. The minimum Gasteiger partial charge on any atom is -0.477 e. The predicted octanol–water partition coefficient (Wildman–Crippen LogP) is 2.75. The first kappa shape index (κ1) is 15.7. The Morgan fingerprint density at radius 3 is 2.35 bits per heavy atom. The highest BCUT2D eigenvalue weighted by Gasteiger charge is 2.50. The van der Waals surface area contributed by atoms with Gasteiger partial charge in [-0.3, -0.25) is 0 Å². The Labute approximate surface area is 128 Å². The van der Waals surface area contributed by atoms with Crippen LogP contribution in [0.3, 0.4) is 0 Å². The van der Waals surface area contributed by atoms with E-state index in [1.54, 1.807) is 13.8 Å². The van der Waals surface area contributed by atoms with E-state index < -0.39 is 11.2 Å². The zero-order valence-electron chi connectivity index (χ0n) is 12.4. The molecule has 0 radical (unpaired) electrons. The van der Waals surface area contributed by atoms with Crippen molar-refractivity contribution >= 4 is 15.9 Å². The van der Waals surface area contributed by atoms with Gasteiger partial charge in [0.1, 0.15) is 0 Å². The minimum absolute atomic E-state index is 0.131. The van der Waals surface area contributed by atoms with Crippen molar-refractivity contribution in [1.82, 2.24) is 4.98 Å². The third kappa shape index (κ3) is 3.00. The highest BCUT2D eigenvalue weighted by atomic mass is 79.9. The van der Waals surface area contributed by atoms with Gasteiger partial charge in [0.25, 0.3) is 0 Å². The molecule has 1 aromatic rings. The van der Waals surface area contributed by atoms with Crippen molar-refractivity contribution in [2.75, 3.05) is 6.61 Å². The third-order valence-corrected chi connectivity index (χ3v) is 5.48. The largest absolute Gasteiger partial charge is 0.477 e. The molecule has 1 saturated carbocycles. The fourth-order valence-electron chi connectivity index (χ4n) is 2.81. The Kier molecular flexibility index (Phi) is 4.15. The normalized spacial score (nSPS) is 33.5. The molecule has 0 saturated heterocycles. The summed E-state index contributed by atoms with van der Waals surface area (Å²) in [4.78, 5) is 4.37. The SMILES string of the molecule is Cc1cc(OCC2C[C@](C)(O)[C@](C)(O)C2)nc(C)c1Br. The number of hydrogen-bond donors (Lipinski definition) is 2. The van der Waals surface area contributed by atoms with E-state index in [1.165, 1.54) is 0 Å². The fourth-order valence-corrected chi connectivity index (χ4v) is 3.01. The Hall–Kier alpha value is -0.650. The van der Waals surface area contributed by atoms with Gasteiger partial charge in [-0.2, -0.15) is 0 Å². The maximum atomic E-state index is 10.2. The molecular weight excluding hydrogens is 322 g/mol. The molecule has 1 heterocycles. The second-order valence-electron chi connectivity index (χ2n) is 6.31. The van der Waals surface area contributed by atoms with Crippen LogP contribution in [-0.2, 0) is 0 Å². The Bertz CT molecular complexity index is 475. The molecule has 2 rings (SSSR count). The summed E-state index contributed by atoms with van der Waals surface area (Å²) in [5, 5.41) is 20.4. The third-order valence-electron chi connectivity index (χ3n) is 4.28. The van der Waals surface area contributed by atoms with Crippen LogP contribution in [-0.4, -0.2) is 33.0 Å². The molecule has 1 unspecified atom stereocenters. The molecule has 0 aliphatic heterocycles. The van der Waals surface area contributed by atoms with E-state index in [0.717, 1.165) is 15.7 Å². The molecule has 0 amide bonds. The van der Waals surface area contributed by atoms with E-state index >= 15 is 0 Å². The molecule has 3 atom stereocenters. The molecule has 1 aliphatic carbocycles. The van der Waals surface area contributed by atoms with Crippen LogP contribution in [0.2, 0.25) is 0 Å². The lowest BCUT2D eigenvalue weighted by Gasteiger charge is -2.31. The first-order valence-corrected chi connectivity index (χ1v) is 7.63. The molecule has 5 heteroatoms. The van der Waals surface area contributed by atoms with Gasteiger partial charge < -0.3 is 14.9 Å². The van der Waals surface area contributed by atoms with Crippen LogP contribution in [0.25, 0.3) is 0 Å². The average molecular weight is 344 g/mol. The van der Waals surface area contributed by atoms with Gasteiger partial charge in [-0.1, -0.05) is 0 Å². The summed E-state index contributed by atoms with van der Waals surface area (Å²) < 4.78 is 6.74. The number of aromatic nitrogens is 1. The number of ether oxygens (including phenoxy) is 1. The van der Waals surface area contributed by atoms with Gasteiger partial charge in [-0.15, -0.1) is 0 Å². The molecule has 0 aromatic carbocycles. The van der Waals surface area contributed by atoms with Gasteiger partial charge in [0.05, 0.1) is 23.5 Å². The van der Waals surface area contributed by atoms with Gasteiger partial charge in [-0.25, -0.2) is 4.98 Å². The first-order valence-electron chi connectivity index (χ1n) is 6.84. The van der Waals surface area contributed by atoms with Crippen molar-refractivity contribution in [2.45, 2.75) is 51.7 Å². The van der Waals surface area contributed by atoms with Crippen molar-refractivity contribution in [1.29, 1.82) is 0 Å². The van der Waals surface area contributed by atoms with E-state index in [-0.39, 0.29) is 5.92 Å². The molecule has 0 spiro atoms. The molecular formula is C15H22BrNO3. The lowest BCUT2D eigenvalue weighted by molar-refractivity contribution is -0.107. The van der Waals surface area contributed by atoms with Gasteiger partial charge in [0.2, 0.25) is 5.88 Å². The fraction of sp³-hybridized carbons (Fsp3) is 0.667. The molecule has 20 heavy (non-hydrogen) atoms. The Morgan fingerprint density at radius 2 is 1.85 bits per heavy atom. The summed E-state index contributed by atoms with van der Waals surface area (Å²) in [5.41, 5.74) is -0.136. The quantitative estimate of drug-likeness (QED) is 0.885. The van der Waals surface area contributed by atoms with E-state index in [1.807, 2.05) is 19.9 Å². The lowest BCUT2D eigenvalue weighted by Crippen LogP contribution is -2.44. The van der Waals surface area contributed by atoms with Gasteiger partial charge >= 0.3 is 0 Å². The summed E-state index contributed by atoms with van der Waals surface area (Å²) in [6.45, 7) is 7.74. The first-order chi connectivity index (χ1) is 9.12. The van der Waals surface area contributed by atoms with E-state index in [9.17, 15) is 10.2 Å². The number of halogens is 1. The molecule has 1 aliphatic rings. The van der Waals surface area contributed by atoms with Crippen LogP contribution < -0.4 is 4.74 Å². The molecule has 1 fully saturated rings. The highest BCUT2D eigenvalue weighted by molar-refractivity contribution is 9.10. The van der Waals surface area contributed by atoms with Crippen LogP contribution in [0.4, 0.5) is 0 Å². The maximum Gasteiger partial charge on any atom is 0.213 e. The monoisotopic (exact) mass is 343 g/mol. The van der Waals surface area contributed by atoms with Gasteiger partial charge in [0, 0.05) is 10.5 Å². The Morgan fingerprint density at radius 1 is 1.30 bits per heavy atom. The van der Waals surface area contributed by atoms with E-state index in [0.29, 0.717) is 25.3 Å². The topological polar surface area (TPSA) is 62.6 Å². The molecule has 4 nitrogen and oxygen atoms in total. The number of pyridine rings is 1. The summed E-state index contributed by atoms with van der Waals surface area (Å²) in [5.74, 6) is 0.723. The molecule has 2 N–H and O–H groups in total. The van der Waals surface area contributed by atoms with Crippen molar-refractivity contribution in [2.24, 2.45) is 5.92 Å². The maximum absolute atomic E-state index is 10.2. The van der Waals surface area contributed by atoms with Crippen LogP contribution in [0.5, 0.6) is 5.88 Å². The van der Waals surface area contributed by atoms with Crippen molar-refractivity contribution in [3.05, 3.63) is 21.8 Å². The van der Waals surface area contributed by atoms with Crippen molar-refractivity contribution in [3.63, 3.8) is 0 Å². The van der Waals surface area contributed by atoms with Gasteiger partial charge in [-0.05, 0) is 67.9 Å². The summed E-state index contributed by atoms with van der Waals surface area (Å²) in [7, 11) is 0. The Balaban J connectivity index is 2.01. The number of nitrogens with zero attached hydrogens (tertiary/aromatic N) is 1. The van der Waals surface area contributed by atoms with Crippen LogP contribution in [0.1, 0.15) is 37.9 Å². The summed E-state index contributed by atoms with van der Waals surface area (Å²) >= 11 is 3.48. The zero-order valence-corrected chi connectivity index (χ0v) is 14.0. The van der Waals surface area contributed by atoms with E-state index in [4.69, 9.17) is 4.74 Å². The zero-order chi connectivity index (χ0) is 15.1. The highest BCUT2D eigenvalue weighted by Crippen LogP contribution is 2.42. The molecule has 112 valence electrons. The number of aliphatic hydroxyl groups is 2. The lowest BCUT2D eigenvalue weighted by atomic mass is 9.90. The van der Waals surface area contributed by atoms with Crippen molar-refractivity contribution in [3.8, 4) is 5.88 Å². The number of aryl methyl sites for hydroxylation is 2. The predicted molar refractivity (Wildman–Crippen MR) is 80.9 cm³/mol. The van der Waals surface area contributed by atoms with Crippen LogP contribution in [0.15, 0.2) is 10.5 Å². The number of hydrogen-bond acceptors (Lipinski definition) is 4. The molecule has 1 aromatic heterocycles.